The van der Waals surface area contributed by atoms with Crippen LogP contribution in [0.15, 0.2) is 24.7 Å². The van der Waals surface area contributed by atoms with Crippen molar-refractivity contribution in [1.29, 1.82) is 0 Å². The van der Waals surface area contributed by atoms with E-state index in [2.05, 4.69) is 24.9 Å². The Labute approximate surface area is 108 Å². The van der Waals surface area contributed by atoms with Crippen LogP contribution in [-0.2, 0) is 13.1 Å². The first-order valence-corrected chi connectivity index (χ1v) is 6.37. The molecule has 0 atom stereocenters. The molecule has 0 spiro atoms. The van der Waals surface area contributed by atoms with Gasteiger partial charge in [-0.25, -0.2) is 4.37 Å². The van der Waals surface area contributed by atoms with Gasteiger partial charge in [-0.15, -0.1) is 10.2 Å². The molecule has 3 heterocycles. The molecule has 0 aliphatic rings. The predicted molar refractivity (Wildman–Crippen MR) is 68.2 cm³/mol. The third kappa shape index (κ3) is 2.09. The van der Waals surface area contributed by atoms with Crippen LogP contribution < -0.4 is 5.32 Å². The number of nitrogens with one attached hydrogen (secondary N) is 1. The van der Waals surface area contributed by atoms with Gasteiger partial charge in [-0.3, -0.25) is 9.38 Å². The monoisotopic (exact) mass is 260 g/mol. The van der Waals surface area contributed by atoms with Crippen LogP contribution in [0.25, 0.3) is 5.65 Å². The second-order valence-corrected chi connectivity index (χ2v) is 4.81. The first-order chi connectivity index (χ1) is 8.84. The molecule has 0 saturated heterocycles. The molecule has 0 unspecified atom stereocenters. The van der Waals surface area contributed by atoms with Gasteiger partial charge in [0.15, 0.2) is 5.65 Å². The zero-order chi connectivity index (χ0) is 12.4. The van der Waals surface area contributed by atoms with Gasteiger partial charge in [0.25, 0.3) is 0 Å². The van der Waals surface area contributed by atoms with Crippen LogP contribution in [0.1, 0.15) is 16.4 Å². The second kappa shape index (κ2) is 4.79. The van der Waals surface area contributed by atoms with Crippen molar-refractivity contribution in [2.75, 3.05) is 0 Å². The van der Waals surface area contributed by atoms with Crippen LogP contribution in [0.5, 0.6) is 0 Å². The fourth-order valence-corrected chi connectivity index (χ4v) is 2.30. The van der Waals surface area contributed by atoms with Gasteiger partial charge in [0.1, 0.15) is 5.82 Å². The van der Waals surface area contributed by atoms with E-state index >= 15 is 0 Å². The summed E-state index contributed by atoms with van der Waals surface area (Å²) in [7, 11) is 0. The third-order valence-electron chi connectivity index (χ3n) is 2.65. The van der Waals surface area contributed by atoms with E-state index in [4.69, 9.17) is 0 Å². The molecule has 3 aromatic rings. The highest BCUT2D eigenvalue weighted by Crippen LogP contribution is 2.08. The van der Waals surface area contributed by atoms with E-state index in [1.165, 1.54) is 16.4 Å². The zero-order valence-electron chi connectivity index (χ0n) is 9.87. The highest BCUT2D eigenvalue weighted by Gasteiger charge is 2.07. The molecule has 0 aliphatic carbocycles. The van der Waals surface area contributed by atoms with E-state index in [1.54, 1.807) is 6.20 Å². The Morgan fingerprint density at radius 1 is 1.28 bits per heavy atom. The lowest BCUT2D eigenvalue weighted by Crippen LogP contribution is -2.14. The molecule has 0 saturated carbocycles. The molecule has 6 nitrogen and oxygen atoms in total. The third-order valence-corrected chi connectivity index (χ3v) is 3.40. The van der Waals surface area contributed by atoms with Crippen LogP contribution in [0.2, 0.25) is 0 Å². The maximum atomic E-state index is 4.34. The summed E-state index contributed by atoms with van der Waals surface area (Å²) in [6.07, 6.45) is 5.45. The van der Waals surface area contributed by atoms with Crippen molar-refractivity contribution in [3.63, 3.8) is 0 Å². The lowest BCUT2D eigenvalue weighted by molar-refractivity contribution is 0.686. The van der Waals surface area contributed by atoms with Gasteiger partial charge in [-0.1, -0.05) is 0 Å². The molecular formula is C11H12N6S. The van der Waals surface area contributed by atoms with E-state index in [0.29, 0.717) is 6.54 Å². The minimum atomic E-state index is 0.667. The SMILES string of the molecule is Cc1nnc2c(CNCc3ccns3)nccn12. The molecule has 18 heavy (non-hydrogen) atoms. The molecular weight excluding hydrogens is 248 g/mol. The maximum absolute atomic E-state index is 4.34. The number of fused-ring (bicyclic) bond motifs is 1. The maximum Gasteiger partial charge on any atom is 0.183 e. The van der Waals surface area contributed by atoms with Gasteiger partial charge in [-0.2, -0.15) is 0 Å². The van der Waals surface area contributed by atoms with Crippen LogP contribution in [0, 0.1) is 6.92 Å². The summed E-state index contributed by atoms with van der Waals surface area (Å²) in [5.41, 5.74) is 1.72. The Hall–Kier alpha value is -1.86. The first kappa shape index (κ1) is 11.2. The highest BCUT2D eigenvalue weighted by atomic mass is 32.1. The van der Waals surface area contributed by atoms with Crippen molar-refractivity contribution in [3.8, 4) is 0 Å². The number of nitrogens with zero attached hydrogens (tertiary/aromatic N) is 5. The van der Waals surface area contributed by atoms with E-state index in [0.717, 1.165) is 23.7 Å². The normalized spacial score (nSPS) is 11.2. The van der Waals surface area contributed by atoms with Crippen molar-refractivity contribution < 1.29 is 0 Å². The fourth-order valence-electron chi connectivity index (χ4n) is 1.75. The molecule has 0 radical (unpaired) electrons. The Kier molecular flexibility index (Phi) is 2.99. The summed E-state index contributed by atoms with van der Waals surface area (Å²) in [5, 5.41) is 11.5. The average molecular weight is 260 g/mol. The quantitative estimate of drug-likeness (QED) is 0.763. The molecule has 7 heteroatoms. The molecule has 0 aliphatic heterocycles. The average Bonchev–Trinajstić information content (AvgIpc) is 3.01. The summed E-state index contributed by atoms with van der Waals surface area (Å²) in [6.45, 7) is 3.38. The van der Waals surface area contributed by atoms with Gasteiger partial charge in [0.2, 0.25) is 0 Å². The van der Waals surface area contributed by atoms with Crippen molar-refractivity contribution in [2.24, 2.45) is 0 Å². The minimum Gasteiger partial charge on any atom is -0.306 e. The Bertz CT molecular complexity index is 645. The van der Waals surface area contributed by atoms with Crippen LogP contribution in [0.4, 0.5) is 0 Å². The smallest absolute Gasteiger partial charge is 0.183 e. The molecule has 0 bridgehead atoms. The molecule has 0 fully saturated rings. The number of aryl methyl sites for hydroxylation is 1. The first-order valence-electron chi connectivity index (χ1n) is 5.60. The van der Waals surface area contributed by atoms with Crippen molar-refractivity contribution in [2.45, 2.75) is 20.0 Å². The second-order valence-electron chi connectivity index (χ2n) is 3.90. The molecule has 0 amide bonds. The van der Waals surface area contributed by atoms with E-state index in [1.807, 2.05) is 29.8 Å². The lowest BCUT2D eigenvalue weighted by Gasteiger charge is -2.03. The Morgan fingerprint density at radius 2 is 2.22 bits per heavy atom. The summed E-state index contributed by atoms with van der Waals surface area (Å²) in [4.78, 5) is 5.55. The van der Waals surface area contributed by atoms with Gasteiger partial charge in [0.05, 0.1) is 5.69 Å². The molecule has 0 aromatic carbocycles. The van der Waals surface area contributed by atoms with E-state index < -0.39 is 0 Å². The van der Waals surface area contributed by atoms with Crippen LogP contribution in [0.3, 0.4) is 0 Å². The van der Waals surface area contributed by atoms with Crippen LogP contribution >= 0.6 is 11.5 Å². The van der Waals surface area contributed by atoms with Gasteiger partial charge in [0, 0.05) is 36.6 Å². The Balaban J connectivity index is 1.74. The number of hydrogen-bond acceptors (Lipinski definition) is 6. The van der Waals surface area contributed by atoms with Crippen molar-refractivity contribution in [3.05, 3.63) is 41.1 Å². The van der Waals surface area contributed by atoms with Crippen LogP contribution in [-0.4, -0.2) is 24.0 Å². The topological polar surface area (TPSA) is 68.0 Å². The number of aromatic nitrogens is 5. The summed E-state index contributed by atoms with van der Waals surface area (Å²) < 4.78 is 6.00. The fraction of sp³-hybridized carbons (Fsp3) is 0.273. The Morgan fingerprint density at radius 3 is 3.06 bits per heavy atom. The zero-order valence-corrected chi connectivity index (χ0v) is 10.7. The molecule has 1 N–H and O–H groups in total. The van der Waals surface area contributed by atoms with Gasteiger partial charge in [-0.05, 0) is 24.5 Å². The molecule has 92 valence electrons. The van der Waals surface area contributed by atoms with Gasteiger partial charge < -0.3 is 5.32 Å². The highest BCUT2D eigenvalue weighted by molar-refractivity contribution is 7.05. The molecule has 3 aromatic heterocycles. The lowest BCUT2D eigenvalue weighted by atomic mass is 10.4. The number of rotatable bonds is 4. The number of hydrogen-bond donors (Lipinski definition) is 1. The van der Waals surface area contributed by atoms with E-state index in [-0.39, 0.29) is 0 Å². The summed E-state index contributed by atoms with van der Waals surface area (Å²) in [5.74, 6) is 0.871. The van der Waals surface area contributed by atoms with Crippen molar-refractivity contribution in [1.82, 2.24) is 29.3 Å². The predicted octanol–water partition coefficient (Wildman–Crippen LogP) is 1.18. The summed E-state index contributed by atoms with van der Waals surface area (Å²) >= 11 is 1.50. The minimum absolute atomic E-state index is 0.667. The molecule has 3 rings (SSSR count). The van der Waals surface area contributed by atoms with Crippen molar-refractivity contribution >= 4 is 17.2 Å². The van der Waals surface area contributed by atoms with Gasteiger partial charge >= 0.3 is 0 Å². The van der Waals surface area contributed by atoms with E-state index in [9.17, 15) is 0 Å². The summed E-state index contributed by atoms with van der Waals surface area (Å²) in [6, 6.07) is 2.01. The largest absolute Gasteiger partial charge is 0.306 e. The standard InChI is InChI=1S/C11H12N6S/c1-8-15-16-11-10(13-4-5-17(8)11)7-12-6-9-2-3-14-18-9/h2-5,12H,6-7H2,1H3.